The fourth-order valence-electron chi connectivity index (χ4n) is 3.72. The minimum atomic E-state index is -0.581. The molecule has 2 N–H and O–H groups in total. The summed E-state index contributed by atoms with van der Waals surface area (Å²) in [6, 6.07) is 15.2. The molecule has 0 unspecified atom stereocenters. The standard InChI is InChI=1S/C23H19N5O5S2/c29-21(19-8-7-18(33-19)15-3-1-2-4-17(15)28(30)31)25-22(34)26-23-24-16-6-5-14(13-20(16)35-23)27-9-11-32-12-10-27/h1-8,13H,9-12H2,(H2,24,25,26,29,34). The Labute approximate surface area is 208 Å². The van der Waals surface area contributed by atoms with Crippen molar-refractivity contribution in [2.45, 2.75) is 0 Å². The molecule has 10 nitrogen and oxygen atoms in total. The number of anilines is 2. The van der Waals surface area contributed by atoms with E-state index in [1.807, 2.05) is 12.1 Å². The van der Waals surface area contributed by atoms with E-state index < -0.39 is 10.8 Å². The van der Waals surface area contributed by atoms with Gasteiger partial charge in [-0.15, -0.1) is 0 Å². The molecule has 0 saturated carbocycles. The molecule has 1 amide bonds. The second-order valence-corrected chi connectivity index (χ2v) is 9.06. The molecule has 12 heteroatoms. The lowest BCUT2D eigenvalue weighted by Crippen LogP contribution is -2.36. The van der Waals surface area contributed by atoms with E-state index >= 15 is 0 Å². The first kappa shape index (κ1) is 22.9. The molecular formula is C23H19N5O5S2. The van der Waals surface area contributed by atoms with Crippen molar-refractivity contribution >= 4 is 61.3 Å². The molecule has 1 aliphatic heterocycles. The predicted octanol–water partition coefficient (Wildman–Crippen LogP) is 4.43. The Bertz CT molecular complexity index is 1430. The van der Waals surface area contributed by atoms with Crippen molar-refractivity contribution in [2.75, 3.05) is 36.5 Å². The topological polar surface area (TPSA) is 123 Å². The van der Waals surface area contributed by atoms with Gasteiger partial charge in [-0.05, 0) is 48.6 Å². The fraction of sp³-hybridized carbons (Fsp3) is 0.174. The molecule has 0 aliphatic carbocycles. The van der Waals surface area contributed by atoms with Crippen molar-refractivity contribution in [1.82, 2.24) is 10.3 Å². The number of amides is 1. The van der Waals surface area contributed by atoms with E-state index in [1.165, 1.54) is 29.5 Å². The molecule has 0 radical (unpaired) electrons. The maximum absolute atomic E-state index is 12.6. The first-order chi connectivity index (χ1) is 17.0. The van der Waals surface area contributed by atoms with Crippen LogP contribution in [0.2, 0.25) is 0 Å². The average Bonchev–Trinajstić information content (AvgIpc) is 3.51. The number of nitro groups is 1. The third-order valence-corrected chi connectivity index (χ3v) is 6.53. The van der Waals surface area contributed by atoms with Gasteiger partial charge in [0.05, 0.1) is 33.9 Å². The molecular weight excluding hydrogens is 490 g/mol. The van der Waals surface area contributed by atoms with Crippen molar-refractivity contribution in [2.24, 2.45) is 0 Å². The quantitative estimate of drug-likeness (QED) is 0.228. The first-order valence-electron chi connectivity index (χ1n) is 10.7. The number of thiazole rings is 1. The van der Waals surface area contributed by atoms with Gasteiger partial charge in [-0.2, -0.15) is 0 Å². The number of rotatable bonds is 5. The third kappa shape index (κ3) is 4.99. The van der Waals surface area contributed by atoms with Gasteiger partial charge >= 0.3 is 0 Å². The Morgan fingerprint density at radius 3 is 2.74 bits per heavy atom. The van der Waals surface area contributed by atoms with E-state index in [-0.39, 0.29) is 27.9 Å². The number of fused-ring (bicyclic) bond motifs is 1. The number of thiocarbonyl (C=S) groups is 1. The van der Waals surface area contributed by atoms with Crippen LogP contribution in [0.5, 0.6) is 0 Å². The van der Waals surface area contributed by atoms with Crippen molar-refractivity contribution in [3.63, 3.8) is 0 Å². The molecule has 0 spiro atoms. The number of carbonyl (C=O) groups is 1. The van der Waals surface area contributed by atoms with Crippen LogP contribution in [0.3, 0.4) is 0 Å². The second kappa shape index (κ2) is 9.78. The van der Waals surface area contributed by atoms with Crippen LogP contribution in [0, 0.1) is 10.1 Å². The molecule has 1 saturated heterocycles. The Balaban J connectivity index is 1.25. The zero-order valence-corrected chi connectivity index (χ0v) is 19.9. The van der Waals surface area contributed by atoms with E-state index in [0.717, 1.165) is 29.0 Å². The van der Waals surface area contributed by atoms with Gasteiger partial charge in [-0.1, -0.05) is 23.5 Å². The van der Waals surface area contributed by atoms with Crippen LogP contribution in [0.4, 0.5) is 16.5 Å². The van der Waals surface area contributed by atoms with Gasteiger partial charge in [0.1, 0.15) is 5.76 Å². The molecule has 2 aromatic carbocycles. The van der Waals surface area contributed by atoms with Gasteiger partial charge in [-0.25, -0.2) is 4.98 Å². The van der Waals surface area contributed by atoms with Crippen molar-refractivity contribution in [1.29, 1.82) is 0 Å². The highest BCUT2D eigenvalue weighted by Gasteiger charge is 2.20. The number of aromatic nitrogens is 1. The van der Waals surface area contributed by atoms with Gasteiger partial charge in [-0.3, -0.25) is 20.2 Å². The SMILES string of the molecule is O=C(NC(=S)Nc1nc2ccc(N3CCOCC3)cc2s1)c1ccc(-c2ccccc2[N+](=O)[O-])o1. The molecule has 4 aromatic rings. The summed E-state index contributed by atoms with van der Waals surface area (Å²) < 4.78 is 12.0. The predicted molar refractivity (Wildman–Crippen MR) is 137 cm³/mol. The Kier molecular flexibility index (Phi) is 6.40. The first-order valence-corrected chi connectivity index (χ1v) is 11.9. The summed E-state index contributed by atoms with van der Waals surface area (Å²) in [6.07, 6.45) is 0. The normalized spacial score (nSPS) is 13.5. The number of nitro benzene ring substituents is 1. The zero-order chi connectivity index (χ0) is 24.4. The second-order valence-electron chi connectivity index (χ2n) is 7.62. The average molecular weight is 510 g/mol. The summed E-state index contributed by atoms with van der Waals surface area (Å²) >= 11 is 6.70. The highest BCUT2D eigenvalue weighted by molar-refractivity contribution is 7.80. The number of carbonyl (C=O) groups excluding carboxylic acids is 1. The van der Waals surface area contributed by atoms with Crippen LogP contribution in [0.25, 0.3) is 21.5 Å². The minimum absolute atomic E-state index is 0.0262. The van der Waals surface area contributed by atoms with Gasteiger partial charge in [0, 0.05) is 24.8 Å². The van der Waals surface area contributed by atoms with E-state index in [2.05, 4.69) is 26.6 Å². The lowest BCUT2D eigenvalue weighted by atomic mass is 10.1. The van der Waals surface area contributed by atoms with Gasteiger partial charge in [0.2, 0.25) is 0 Å². The van der Waals surface area contributed by atoms with Gasteiger partial charge < -0.3 is 19.4 Å². The number of nitrogens with one attached hydrogen (secondary N) is 2. The van der Waals surface area contributed by atoms with E-state index in [4.69, 9.17) is 21.4 Å². The number of nitrogens with zero attached hydrogens (tertiary/aromatic N) is 3. The molecule has 0 atom stereocenters. The summed E-state index contributed by atoms with van der Waals surface area (Å²) in [5.41, 5.74) is 2.10. The number of ether oxygens (including phenoxy) is 1. The Hall–Kier alpha value is -3.87. The number of furan rings is 1. The summed E-state index contributed by atoms with van der Waals surface area (Å²) in [6.45, 7) is 3.11. The Morgan fingerprint density at radius 1 is 1.14 bits per heavy atom. The van der Waals surface area contributed by atoms with Crippen LogP contribution in [0.1, 0.15) is 10.6 Å². The van der Waals surface area contributed by atoms with Gasteiger partial charge in [0.15, 0.2) is 16.0 Å². The molecule has 3 heterocycles. The molecule has 2 aromatic heterocycles. The van der Waals surface area contributed by atoms with E-state index in [0.29, 0.717) is 18.3 Å². The largest absolute Gasteiger partial charge is 0.451 e. The molecule has 0 bridgehead atoms. The maximum atomic E-state index is 12.6. The third-order valence-electron chi connectivity index (χ3n) is 5.39. The van der Waals surface area contributed by atoms with Crippen molar-refractivity contribution in [3.05, 3.63) is 70.5 Å². The van der Waals surface area contributed by atoms with Crippen LogP contribution >= 0.6 is 23.6 Å². The summed E-state index contributed by atoms with van der Waals surface area (Å²) in [4.78, 5) is 30.2. The summed E-state index contributed by atoms with van der Waals surface area (Å²) in [5, 5.41) is 17.4. The highest BCUT2D eigenvalue weighted by Crippen LogP contribution is 2.31. The lowest BCUT2D eigenvalue weighted by Gasteiger charge is -2.28. The molecule has 1 fully saturated rings. The summed E-state index contributed by atoms with van der Waals surface area (Å²) in [5.74, 6) is -0.395. The molecule has 5 rings (SSSR count). The molecule has 178 valence electrons. The monoisotopic (exact) mass is 509 g/mol. The van der Waals surface area contributed by atoms with Crippen LogP contribution in [0.15, 0.2) is 59.0 Å². The molecule has 1 aliphatic rings. The van der Waals surface area contributed by atoms with Crippen LogP contribution < -0.4 is 15.5 Å². The van der Waals surface area contributed by atoms with Crippen LogP contribution in [-0.4, -0.2) is 47.2 Å². The number of morpholine rings is 1. The number of hydrogen-bond acceptors (Lipinski definition) is 9. The van der Waals surface area contributed by atoms with Crippen LogP contribution in [-0.2, 0) is 4.74 Å². The number of para-hydroxylation sites is 1. The Morgan fingerprint density at radius 2 is 1.94 bits per heavy atom. The zero-order valence-electron chi connectivity index (χ0n) is 18.2. The highest BCUT2D eigenvalue weighted by atomic mass is 32.1. The lowest BCUT2D eigenvalue weighted by molar-refractivity contribution is -0.384. The maximum Gasteiger partial charge on any atom is 0.293 e. The van der Waals surface area contributed by atoms with Gasteiger partial charge in [0.25, 0.3) is 11.6 Å². The van der Waals surface area contributed by atoms with E-state index in [1.54, 1.807) is 18.2 Å². The summed E-state index contributed by atoms with van der Waals surface area (Å²) in [7, 11) is 0. The molecule has 35 heavy (non-hydrogen) atoms. The minimum Gasteiger partial charge on any atom is -0.451 e. The van der Waals surface area contributed by atoms with Crippen molar-refractivity contribution in [3.8, 4) is 11.3 Å². The number of benzene rings is 2. The number of hydrogen-bond donors (Lipinski definition) is 2. The van der Waals surface area contributed by atoms with E-state index in [9.17, 15) is 14.9 Å². The smallest absolute Gasteiger partial charge is 0.293 e. The fourth-order valence-corrected chi connectivity index (χ4v) is 4.88. The van der Waals surface area contributed by atoms with Crippen molar-refractivity contribution < 1.29 is 18.9 Å².